The molecule has 19 heavy (non-hydrogen) atoms. The molecule has 4 nitrogen and oxygen atoms in total. The van der Waals surface area contributed by atoms with Crippen LogP contribution in [0.5, 0.6) is 0 Å². The number of nitrogens with one attached hydrogen (secondary N) is 1. The average Bonchev–Trinajstić information content (AvgIpc) is 2.21. The fourth-order valence-corrected chi connectivity index (χ4v) is 2.29. The minimum absolute atomic E-state index is 0.0755. The minimum atomic E-state index is -0.182. The maximum atomic E-state index is 12.0. The van der Waals surface area contributed by atoms with Gasteiger partial charge in [-0.25, -0.2) is 0 Å². The van der Waals surface area contributed by atoms with E-state index in [1.165, 1.54) is 0 Å². The minimum Gasteiger partial charge on any atom is -0.351 e. The van der Waals surface area contributed by atoms with Crippen LogP contribution in [0.15, 0.2) is 0 Å². The van der Waals surface area contributed by atoms with E-state index in [0.717, 1.165) is 6.42 Å². The standard InChI is InChI=1S/C15H33N3O/c1-11(2)8-12(3)18(7)13(10-16)9-14(19)17-15(4,5)6/h11-13H,8-10,16H2,1-7H3,(H,17,19). The third kappa shape index (κ3) is 8.22. The van der Waals surface area contributed by atoms with Gasteiger partial charge < -0.3 is 11.1 Å². The fourth-order valence-electron chi connectivity index (χ4n) is 2.29. The van der Waals surface area contributed by atoms with Crippen molar-refractivity contribution in [2.45, 2.75) is 72.0 Å². The van der Waals surface area contributed by atoms with E-state index in [1.54, 1.807) is 0 Å². The van der Waals surface area contributed by atoms with Gasteiger partial charge in [-0.05, 0) is 47.1 Å². The Hall–Kier alpha value is -0.610. The molecule has 0 aromatic carbocycles. The fraction of sp³-hybridized carbons (Fsp3) is 0.933. The van der Waals surface area contributed by atoms with Crippen LogP contribution in [0.25, 0.3) is 0 Å². The molecule has 3 N–H and O–H groups in total. The van der Waals surface area contributed by atoms with Crippen molar-refractivity contribution in [2.24, 2.45) is 11.7 Å². The lowest BCUT2D eigenvalue weighted by molar-refractivity contribution is -0.123. The van der Waals surface area contributed by atoms with Crippen LogP contribution in [0.1, 0.15) is 54.4 Å². The molecule has 0 saturated carbocycles. The highest BCUT2D eigenvalue weighted by atomic mass is 16.1. The largest absolute Gasteiger partial charge is 0.351 e. The second-order valence-electron chi connectivity index (χ2n) is 7.04. The van der Waals surface area contributed by atoms with Gasteiger partial charge in [0.15, 0.2) is 0 Å². The monoisotopic (exact) mass is 271 g/mol. The molecule has 0 aliphatic rings. The van der Waals surface area contributed by atoms with Crippen molar-refractivity contribution < 1.29 is 4.79 Å². The number of carbonyl (C=O) groups is 1. The maximum absolute atomic E-state index is 12.0. The molecule has 0 radical (unpaired) electrons. The number of nitrogens with two attached hydrogens (primary N) is 1. The highest BCUT2D eigenvalue weighted by molar-refractivity contribution is 5.77. The average molecular weight is 271 g/mol. The van der Waals surface area contributed by atoms with Crippen molar-refractivity contribution in [2.75, 3.05) is 13.6 Å². The summed E-state index contributed by atoms with van der Waals surface area (Å²) < 4.78 is 0. The van der Waals surface area contributed by atoms with Crippen molar-refractivity contribution in [3.8, 4) is 0 Å². The molecule has 0 fully saturated rings. The maximum Gasteiger partial charge on any atom is 0.222 e. The van der Waals surface area contributed by atoms with Crippen molar-refractivity contribution in [3.63, 3.8) is 0 Å². The van der Waals surface area contributed by atoms with E-state index >= 15 is 0 Å². The van der Waals surface area contributed by atoms with Gasteiger partial charge >= 0.3 is 0 Å². The summed E-state index contributed by atoms with van der Waals surface area (Å²) in [5, 5.41) is 3.00. The molecular formula is C15H33N3O. The summed E-state index contributed by atoms with van der Waals surface area (Å²) in [6.07, 6.45) is 1.58. The van der Waals surface area contributed by atoms with E-state index in [2.05, 4.69) is 38.0 Å². The van der Waals surface area contributed by atoms with Gasteiger partial charge in [-0.2, -0.15) is 0 Å². The van der Waals surface area contributed by atoms with Gasteiger partial charge in [-0.1, -0.05) is 13.8 Å². The SMILES string of the molecule is CC(C)CC(C)N(C)C(CN)CC(=O)NC(C)(C)C. The lowest BCUT2D eigenvalue weighted by atomic mass is 10.0. The smallest absolute Gasteiger partial charge is 0.222 e. The molecule has 0 rings (SSSR count). The number of amides is 1. The van der Waals surface area contributed by atoms with Crippen LogP contribution in [0, 0.1) is 5.92 Å². The van der Waals surface area contributed by atoms with Crippen LogP contribution in [-0.4, -0.2) is 42.0 Å². The Morgan fingerprint density at radius 1 is 1.26 bits per heavy atom. The second-order valence-corrected chi connectivity index (χ2v) is 7.04. The van der Waals surface area contributed by atoms with E-state index in [9.17, 15) is 4.79 Å². The van der Waals surface area contributed by atoms with E-state index in [-0.39, 0.29) is 17.5 Å². The molecule has 2 unspecified atom stereocenters. The van der Waals surface area contributed by atoms with E-state index in [0.29, 0.717) is 24.9 Å². The molecule has 0 bridgehead atoms. The van der Waals surface area contributed by atoms with Crippen LogP contribution in [0.4, 0.5) is 0 Å². The van der Waals surface area contributed by atoms with Gasteiger partial charge in [0.25, 0.3) is 0 Å². The van der Waals surface area contributed by atoms with Crippen LogP contribution >= 0.6 is 0 Å². The van der Waals surface area contributed by atoms with E-state index in [1.807, 2.05) is 20.8 Å². The summed E-state index contributed by atoms with van der Waals surface area (Å²) in [6.45, 7) is 13.1. The Labute approximate surface area is 119 Å². The normalized spacial score (nSPS) is 15.7. The van der Waals surface area contributed by atoms with Crippen LogP contribution < -0.4 is 11.1 Å². The first-order chi connectivity index (χ1) is 8.56. The number of carbonyl (C=O) groups excluding carboxylic acids is 1. The number of nitrogens with zero attached hydrogens (tertiary/aromatic N) is 1. The van der Waals surface area contributed by atoms with Gasteiger partial charge in [0.1, 0.15) is 0 Å². The number of hydrogen-bond acceptors (Lipinski definition) is 3. The molecular weight excluding hydrogens is 238 g/mol. The molecule has 1 amide bonds. The van der Waals surface area contributed by atoms with E-state index < -0.39 is 0 Å². The topological polar surface area (TPSA) is 58.4 Å². The number of likely N-dealkylation sites (N-methyl/N-ethyl adjacent to an activating group) is 1. The Morgan fingerprint density at radius 3 is 2.16 bits per heavy atom. The molecule has 2 atom stereocenters. The van der Waals surface area contributed by atoms with Crippen LogP contribution in [0.3, 0.4) is 0 Å². The number of rotatable bonds is 7. The van der Waals surface area contributed by atoms with E-state index in [4.69, 9.17) is 5.73 Å². The summed E-state index contributed by atoms with van der Waals surface area (Å²) in [7, 11) is 2.06. The van der Waals surface area contributed by atoms with Crippen LogP contribution in [-0.2, 0) is 4.79 Å². The zero-order valence-electron chi connectivity index (χ0n) is 13.8. The van der Waals surface area contributed by atoms with Crippen LogP contribution in [0.2, 0.25) is 0 Å². The molecule has 4 heteroatoms. The van der Waals surface area contributed by atoms with Crippen molar-refractivity contribution in [1.29, 1.82) is 0 Å². The molecule has 0 aliphatic carbocycles. The zero-order valence-corrected chi connectivity index (χ0v) is 13.8. The molecule has 0 aliphatic heterocycles. The summed E-state index contributed by atoms with van der Waals surface area (Å²) in [5.41, 5.74) is 5.65. The Morgan fingerprint density at radius 2 is 1.79 bits per heavy atom. The Balaban J connectivity index is 4.44. The van der Waals surface area contributed by atoms with Gasteiger partial charge in [0.2, 0.25) is 5.91 Å². The first-order valence-electron chi connectivity index (χ1n) is 7.29. The molecule has 114 valence electrons. The van der Waals surface area contributed by atoms with Gasteiger partial charge in [-0.3, -0.25) is 9.69 Å². The second kappa shape index (κ2) is 7.85. The zero-order chi connectivity index (χ0) is 15.2. The summed E-state index contributed by atoms with van der Waals surface area (Å²) in [4.78, 5) is 14.2. The predicted octanol–water partition coefficient (Wildman–Crippen LogP) is 1.98. The molecule has 0 spiro atoms. The van der Waals surface area contributed by atoms with Gasteiger partial charge in [-0.15, -0.1) is 0 Å². The first kappa shape index (κ1) is 18.4. The number of hydrogen-bond donors (Lipinski definition) is 2. The predicted molar refractivity (Wildman–Crippen MR) is 82.0 cm³/mol. The lowest BCUT2D eigenvalue weighted by Gasteiger charge is -2.33. The lowest BCUT2D eigenvalue weighted by Crippen LogP contribution is -2.48. The van der Waals surface area contributed by atoms with Crippen molar-refractivity contribution >= 4 is 5.91 Å². The highest BCUT2D eigenvalue weighted by Crippen LogP contribution is 2.14. The Kier molecular flexibility index (Phi) is 7.60. The Bertz CT molecular complexity index is 271. The van der Waals surface area contributed by atoms with Crippen molar-refractivity contribution in [1.82, 2.24) is 10.2 Å². The highest BCUT2D eigenvalue weighted by Gasteiger charge is 2.23. The molecule has 0 heterocycles. The summed E-state index contributed by atoms with van der Waals surface area (Å²) in [6, 6.07) is 0.548. The van der Waals surface area contributed by atoms with Gasteiger partial charge in [0, 0.05) is 30.6 Å². The molecule has 0 saturated heterocycles. The summed E-state index contributed by atoms with van der Waals surface area (Å²) >= 11 is 0. The summed E-state index contributed by atoms with van der Waals surface area (Å²) in [5.74, 6) is 0.728. The first-order valence-corrected chi connectivity index (χ1v) is 7.29. The third-order valence-electron chi connectivity index (χ3n) is 3.29. The quantitative estimate of drug-likeness (QED) is 0.744. The van der Waals surface area contributed by atoms with Gasteiger partial charge in [0.05, 0.1) is 0 Å². The molecule has 0 aromatic rings. The molecule has 0 aromatic heterocycles. The third-order valence-corrected chi connectivity index (χ3v) is 3.29. The van der Waals surface area contributed by atoms with Crippen molar-refractivity contribution in [3.05, 3.63) is 0 Å².